The van der Waals surface area contributed by atoms with E-state index in [4.69, 9.17) is 0 Å². The van der Waals surface area contributed by atoms with Gasteiger partial charge in [0.15, 0.2) is 0 Å². The molecular formula is C52H33NS. The van der Waals surface area contributed by atoms with Crippen LogP contribution in [-0.2, 0) is 0 Å². The molecule has 0 unspecified atom stereocenters. The lowest BCUT2D eigenvalue weighted by Crippen LogP contribution is -2.10. The molecule has 0 aliphatic heterocycles. The fraction of sp³-hybridized carbons (Fsp3) is 0. The van der Waals surface area contributed by atoms with E-state index in [1.807, 2.05) is 11.3 Å². The van der Waals surface area contributed by atoms with Gasteiger partial charge in [0.05, 0.1) is 5.69 Å². The Morgan fingerprint density at radius 1 is 0.296 bits per heavy atom. The molecule has 2 heteroatoms. The van der Waals surface area contributed by atoms with Gasteiger partial charge in [0.25, 0.3) is 0 Å². The van der Waals surface area contributed by atoms with Crippen LogP contribution in [-0.4, -0.2) is 0 Å². The van der Waals surface area contributed by atoms with E-state index in [1.54, 1.807) is 0 Å². The van der Waals surface area contributed by atoms with Crippen molar-refractivity contribution in [1.29, 1.82) is 0 Å². The van der Waals surface area contributed by atoms with Crippen LogP contribution in [0.5, 0.6) is 0 Å². The molecule has 1 heterocycles. The highest BCUT2D eigenvalue weighted by atomic mass is 32.1. The molecule has 0 radical (unpaired) electrons. The van der Waals surface area contributed by atoms with E-state index < -0.39 is 0 Å². The number of hydrogen-bond donors (Lipinski definition) is 0. The molecule has 0 bridgehead atoms. The Morgan fingerprint density at radius 2 is 0.926 bits per heavy atom. The summed E-state index contributed by atoms with van der Waals surface area (Å²) in [5.74, 6) is 0. The Labute approximate surface area is 317 Å². The lowest BCUT2D eigenvalue weighted by atomic mass is 9.94. The maximum Gasteiger partial charge on any atom is 0.0540 e. The molecule has 11 aromatic rings. The summed E-state index contributed by atoms with van der Waals surface area (Å²) < 4.78 is 2.64. The van der Waals surface area contributed by atoms with Crippen LogP contribution in [0.25, 0.3) is 85.5 Å². The second-order valence-corrected chi connectivity index (χ2v) is 15.2. The van der Waals surface area contributed by atoms with Crippen LogP contribution in [0.4, 0.5) is 17.1 Å². The van der Waals surface area contributed by atoms with Crippen LogP contribution in [0.3, 0.4) is 0 Å². The summed E-state index contributed by atoms with van der Waals surface area (Å²) in [4.78, 5) is 2.43. The minimum Gasteiger partial charge on any atom is -0.310 e. The van der Waals surface area contributed by atoms with Crippen molar-refractivity contribution in [3.8, 4) is 22.3 Å². The van der Waals surface area contributed by atoms with Crippen molar-refractivity contribution in [3.63, 3.8) is 0 Å². The molecule has 0 amide bonds. The molecule has 0 atom stereocenters. The van der Waals surface area contributed by atoms with Crippen LogP contribution in [0.15, 0.2) is 200 Å². The van der Waals surface area contributed by atoms with Crippen molar-refractivity contribution in [1.82, 2.24) is 0 Å². The second kappa shape index (κ2) is 12.4. The van der Waals surface area contributed by atoms with Gasteiger partial charge in [0.1, 0.15) is 0 Å². The zero-order valence-electron chi connectivity index (χ0n) is 29.4. The minimum absolute atomic E-state index is 1.12. The minimum atomic E-state index is 1.12. The van der Waals surface area contributed by atoms with Gasteiger partial charge < -0.3 is 4.90 Å². The number of thiophene rings is 1. The molecular weight excluding hydrogens is 671 g/mol. The maximum absolute atomic E-state index is 2.43. The first-order valence-corrected chi connectivity index (χ1v) is 19.3. The number of hydrogen-bond acceptors (Lipinski definition) is 2. The zero-order valence-corrected chi connectivity index (χ0v) is 30.2. The van der Waals surface area contributed by atoms with Crippen LogP contribution >= 0.6 is 11.3 Å². The van der Waals surface area contributed by atoms with Crippen molar-refractivity contribution in [2.24, 2.45) is 0 Å². The fourth-order valence-electron chi connectivity index (χ4n) is 8.46. The van der Waals surface area contributed by atoms with Crippen molar-refractivity contribution in [2.45, 2.75) is 0 Å². The first-order chi connectivity index (χ1) is 26.8. The monoisotopic (exact) mass is 703 g/mol. The van der Waals surface area contributed by atoms with Gasteiger partial charge in [0.2, 0.25) is 0 Å². The average molecular weight is 704 g/mol. The van der Waals surface area contributed by atoms with Gasteiger partial charge in [-0.3, -0.25) is 0 Å². The van der Waals surface area contributed by atoms with E-state index >= 15 is 0 Å². The third kappa shape index (κ3) is 4.99. The van der Waals surface area contributed by atoms with Crippen LogP contribution in [0.2, 0.25) is 0 Å². The smallest absolute Gasteiger partial charge is 0.0540 e. The second-order valence-electron chi connectivity index (χ2n) is 14.1. The lowest BCUT2D eigenvalue weighted by molar-refractivity contribution is 1.30. The predicted octanol–water partition coefficient (Wildman–Crippen LogP) is 15.5. The van der Waals surface area contributed by atoms with Crippen LogP contribution in [0.1, 0.15) is 0 Å². The van der Waals surface area contributed by atoms with Crippen LogP contribution in [0, 0.1) is 0 Å². The summed E-state index contributed by atoms with van der Waals surface area (Å²) >= 11 is 1.87. The summed E-state index contributed by atoms with van der Waals surface area (Å²) in [7, 11) is 0. The van der Waals surface area contributed by atoms with Gasteiger partial charge in [-0.2, -0.15) is 0 Å². The molecule has 0 spiro atoms. The van der Waals surface area contributed by atoms with Gasteiger partial charge in [-0.15, -0.1) is 11.3 Å². The number of fused-ring (bicyclic) bond motifs is 10. The van der Waals surface area contributed by atoms with E-state index in [1.165, 1.54) is 85.5 Å². The molecule has 11 rings (SSSR count). The zero-order chi connectivity index (χ0) is 35.6. The van der Waals surface area contributed by atoms with E-state index in [9.17, 15) is 0 Å². The van der Waals surface area contributed by atoms with E-state index in [0.29, 0.717) is 0 Å². The van der Waals surface area contributed by atoms with Crippen molar-refractivity contribution < 1.29 is 0 Å². The van der Waals surface area contributed by atoms with Crippen molar-refractivity contribution >= 4 is 91.7 Å². The number of nitrogens with zero attached hydrogens (tertiary/aromatic N) is 1. The molecule has 252 valence electrons. The van der Waals surface area contributed by atoms with E-state index in [2.05, 4.69) is 205 Å². The maximum atomic E-state index is 2.43. The highest BCUT2D eigenvalue weighted by Crippen LogP contribution is 2.45. The Bertz CT molecular complexity index is 3210. The highest BCUT2D eigenvalue weighted by Gasteiger charge is 2.19. The largest absolute Gasteiger partial charge is 0.310 e. The highest BCUT2D eigenvalue weighted by molar-refractivity contribution is 7.26. The summed E-state index contributed by atoms with van der Waals surface area (Å²) in [6.45, 7) is 0. The van der Waals surface area contributed by atoms with Gasteiger partial charge in [-0.25, -0.2) is 0 Å². The lowest BCUT2D eigenvalue weighted by Gasteiger charge is -2.27. The van der Waals surface area contributed by atoms with Crippen molar-refractivity contribution in [3.05, 3.63) is 200 Å². The quantitative estimate of drug-likeness (QED) is 0.161. The van der Waals surface area contributed by atoms with Gasteiger partial charge in [-0.05, 0) is 108 Å². The third-order valence-electron chi connectivity index (χ3n) is 11.0. The third-order valence-corrected chi connectivity index (χ3v) is 12.1. The molecule has 0 aliphatic rings. The summed E-state index contributed by atoms with van der Waals surface area (Å²) in [6.07, 6.45) is 0. The molecule has 0 saturated heterocycles. The Balaban J connectivity index is 1.06. The SMILES string of the molecule is c1ccc(-c2cccc(N(c3ccc(-c4ccc5c(ccc6ccc7ccccc7c65)c4)cc3)c3cccc4c3ccc3sc5ccccc5c34)c2)cc1. The van der Waals surface area contributed by atoms with Crippen LogP contribution < -0.4 is 4.90 Å². The fourth-order valence-corrected chi connectivity index (χ4v) is 9.58. The number of rotatable bonds is 5. The Kier molecular flexibility index (Phi) is 7.11. The first-order valence-electron chi connectivity index (χ1n) is 18.5. The van der Waals surface area contributed by atoms with E-state index in [-0.39, 0.29) is 0 Å². The molecule has 0 fully saturated rings. The Hall–Kier alpha value is -6.74. The summed E-state index contributed by atoms with van der Waals surface area (Å²) in [5, 5.41) is 12.9. The van der Waals surface area contributed by atoms with Gasteiger partial charge in [0, 0.05) is 36.9 Å². The predicted molar refractivity (Wildman–Crippen MR) is 235 cm³/mol. The molecule has 0 N–H and O–H groups in total. The standard InChI is InChI=1S/C52H33NS/c1-2-10-34(11-3-1)38-13-8-14-42(33-38)53(48-18-9-17-46-45(48)30-31-50-52(46)47-16-6-7-19-49(47)54-50)41-27-24-35(25-28-41)39-26-29-44-40(32-39)23-22-37-21-20-36-12-4-5-15-43(36)51(37)44/h1-33H. The summed E-state index contributed by atoms with van der Waals surface area (Å²) in [5.41, 5.74) is 8.20. The number of anilines is 3. The summed E-state index contributed by atoms with van der Waals surface area (Å²) in [6, 6.07) is 73.5. The first kappa shape index (κ1) is 30.8. The Morgan fingerprint density at radius 3 is 1.81 bits per heavy atom. The normalized spacial score (nSPS) is 11.7. The average Bonchev–Trinajstić information content (AvgIpc) is 3.63. The molecule has 1 aromatic heterocycles. The van der Waals surface area contributed by atoms with Gasteiger partial charge >= 0.3 is 0 Å². The van der Waals surface area contributed by atoms with Gasteiger partial charge in [-0.1, -0.05) is 152 Å². The van der Waals surface area contributed by atoms with Crippen molar-refractivity contribution in [2.75, 3.05) is 4.90 Å². The van der Waals surface area contributed by atoms with E-state index in [0.717, 1.165) is 17.1 Å². The number of benzene rings is 10. The molecule has 54 heavy (non-hydrogen) atoms. The topological polar surface area (TPSA) is 3.24 Å². The molecule has 0 aliphatic carbocycles. The molecule has 10 aromatic carbocycles. The molecule has 0 saturated carbocycles. The molecule has 1 nitrogen and oxygen atoms in total.